The highest BCUT2D eigenvalue weighted by Gasteiger charge is 2.26. The van der Waals surface area contributed by atoms with Gasteiger partial charge in [-0.05, 0) is 25.1 Å². The molecule has 7 heteroatoms. The van der Waals surface area contributed by atoms with Gasteiger partial charge in [0.1, 0.15) is 0 Å². The van der Waals surface area contributed by atoms with Crippen LogP contribution in [-0.2, 0) is 4.74 Å². The molecular formula is C15H18N4O3. The van der Waals surface area contributed by atoms with E-state index in [-0.39, 0.29) is 12.0 Å². The minimum atomic E-state index is -0.317. The van der Waals surface area contributed by atoms with Crippen molar-refractivity contribution in [3.05, 3.63) is 36.2 Å². The molecule has 1 saturated heterocycles. The molecule has 0 unspecified atom stereocenters. The van der Waals surface area contributed by atoms with Crippen LogP contribution in [-0.4, -0.2) is 64.2 Å². The summed E-state index contributed by atoms with van der Waals surface area (Å²) in [6, 6.07) is 7.46. The summed E-state index contributed by atoms with van der Waals surface area (Å²) in [5.74, 6) is -0.104. The first kappa shape index (κ1) is 14.4. The van der Waals surface area contributed by atoms with E-state index in [1.54, 1.807) is 27.3 Å². The van der Waals surface area contributed by atoms with Crippen LogP contribution in [0.3, 0.4) is 0 Å². The van der Waals surface area contributed by atoms with Gasteiger partial charge >= 0.3 is 6.09 Å². The zero-order valence-electron chi connectivity index (χ0n) is 12.4. The number of fused-ring (bicyclic) bond motifs is 1. The third-order valence-corrected chi connectivity index (χ3v) is 3.68. The van der Waals surface area contributed by atoms with E-state index in [4.69, 9.17) is 4.74 Å². The van der Waals surface area contributed by atoms with E-state index in [1.807, 2.05) is 24.4 Å². The molecule has 22 heavy (non-hydrogen) atoms. The van der Waals surface area contributed by atoms with Gasteiger partial charge in [-0.25, -0.2) is 9.31 Å². The molecule has 2 aromatic heterocycles. The second-order valence-corrected chi connectivity index (χ2v) is 5.08. The third kappa shape index (κ3) is 2.74. The van der Waals surface area contributed by atoms with Crippen LogP contribution in [0.15, 0.2) is 30.5 Å². The Hall–Kier alpha value is -2.57. The summed E-state index contributed by atoms with van der Waals surface area (Å²) in [5.41, 5.74) is 1.31. The molecule has 1 fully saturated rings. The average molecular weight is 302 g/mol. The number of nitrogens with zero attached hydrogens (tertiary/aromatic N) is 4. The van der Waals surface area contributed by atoms with Crippen molar-refractivity contribution in [1.29, 1.82) is 0 Å². The molecule has 0 spiro atoms. The SMILES string of the molecule is CCOC(=O)N1CCN(C(=O)c2cc3ccccn3n2)CC1. The van der Waals surface area contributed by atoms with Gasteiger partial charge in [-0.1, -0.05) is 6.07 Å². The van der Waals surface area contributed by atoms with Crippen LogP contribution in [0.5, 0.6) is 0 Å². The number of aromatic nitrogens is 2. The minimum Gasteiger partial charge on any atom is -0.450 e. The van der Waals surface area contributed by atoms with E-state index in [2.05, 4.69) is 5.10 Å². The van der Waals surface area contributed by atoms with Gasteiger partial charge in [0.05, 0.1) is 12.1 Å². The van der Waals surface area contributed by atoms with Crippen molar-refractivity contribution < 1.29 is 14.3 Å². The molecule has 0 N–H and O–H groups in total. The quantitative estimate of drug-likeness (QED) is 0.837. The lowest BCUT2D eigenvalue weighted by atomic mass is 10.2. The highest BCUT2D eigenvalue weighted by atomic mass is 16.6. The van der Waals surface area contributed by atoms with Crippen LogP contribution in [0.4, 0.5) is 4.79 Å². The highest BCUT2D eigenvalue weighted by Crippen LogP contribution is 2.11. The average Bonchev–Trinajstić information content (AvgIpc) is 2.98. The molecule has 0 saturated carbocycles. The third-order valence-electron chi connectivity index (χ3n) is 3.68. The summed E-state index contributed by atoms with van der Waals surface area (Å²) in [7, 11) is 0. The van der Waals surface area contributed by atoms with E-state index in [0.717, 1.165) is 5.52 Å². The molecule has 0 atom stereocenters. The van der Waals surface area contributed by atoms with Crippen LogP contribution < -0.4 is 0 Å². The molecule has 7 nitrogen and oxygen atoms in total. The smallest absolute Gasteiger partial charge is 0.409 e. The minimum absolute atomic E-state index is 0.104. The normalized spacial score (nSPS) is 15.1. The number of pyridine rings is 1. The lowest BCUT2D eigenvalue weighted by molar-refractivity contribution is 0.0565. The molecule has 0 aliphatic carbocycles. The molecule has 116 valence electrons. The monoisotopic (exact) mass is 302 g/mol. The van der Waals surface area contributed by atoms with Gasteiger partial charge in [-0.15, -0.1) is 0 Å². The summed E-state index contributed by atoms with van der Waals surface area (Å²) in [6.45, 7) is 4.09. The fourth-order valence-electron chi connectivity index (χ4n) is 2.51. The van der Waals surface area contributed by atoms with E-state index in [9.17, 15) is 9.59 Å². The van der Waals surface area contributed by atoms with Crippen molar-refractivity contribution in [2.45, 2.75) is 6.92 Å². The van der Waals surface area contributed by atoms with Gasteiger partial charge in [-0.2, -0.15) is 5.10 Å². The van der Waals surface area contributed by atoms with Crippen molar-refractivity contribution in [2.24, 2.45) is 0 Å². The molecule has 0 radical (unpaired) electrons. The number of amides is 2. The van der Waals surface area contributed by atoms with E-state index in [0.29, 0.717) is 38.5 Å². The number of carbonyl (C=O) groups is 2. The van der Waals surface area contributed by atoms with Gasteiger partial charge in [0.2, 0.25) is 0 Å². The Morgan fingerprint density at radius 3 is 2.59 bits per heavy atom. The Kier molecular flexibility index (Phi) is 3.95. The standard InChI is InChI=1S/C15H18N4O3/c1-2-22-15(21)18-9-7-17(8-10-18)14(20)13-11-12-5-3-4-6-19(12)16-13/h3-6,11H,2,7-10H2,1H3. The first-order chi connectivity index (χ1) is 10.7. The van der Waals surface area contributed by atoms with Crippen molar-refractivity contribution in [3.63, 3.8) is 0 Å². The molecule has 1 aliphatic heterocycles. The maximum absolute atomic E-state index is 12.5. The number of hydrogen-bond donors (Lipinski definition) is 0. The largest absolute Gasteiger partial charge is 0.450 e. The topological polar surface area (TPSA) is 67.2 Å². The molecule has 2 aromatic rings. The zero-order valence-corrected chi connectivity index (χ0v) is 12.4. The van der Waals surface area contributed by atoms with Crippen LogP contribution in [0.1, 0.15) is 17.4 Å². The van der Waals surface area contributed by atoms with E-state index >= 15 is 0 Å². The Bertz CT molecular complexity index is 656. The predicted molar refractivity (Wildman–Crippen MR) is 79.7 cm³/mol. The molecule has 2 amide bonds. The number of piperazine rings is 1. The molecular weight excluding hydrogens is 284 g/mol. The predicted octanol–water partition coefficient (Wildman–Crippen LogP) is 1.25. The van der Waals surface area contributed by atoms with Gasteiger partial charge < -0.3 is 14.5 Å². The van der Waals surface area contributed by atoms with Crippen LogP contribution in [0.25, 0.3) is 5.52 Å². The molecule has 0 aromatic carbocycles. The molecule has 3 heterocycles. The van der Waals surface area contributed by atoms with Crippen LogP contribution >= 0.6 is 0 Å². The fourth-order valence-corrected chi connectivity index (χ4v) is 2.51. The van der Waals surface area contributed by atoms with Crippen molar-refractivity contribution in [2.75, 3.05) is 32.8 Å². The molecule has 0 bridgehead atoms. The number of ether oxygens (including phenoxy) is 1. The van der Waals surface area contributed by atoms with Crippen LogP contribution in [0, 0.1) is 0 Å². The zero-order chi connectivity index (χ0) is 15.5. The summed E-state index contributed by atoms with van der Waals surface area (Å²) in [5, 5.41) is 4.29. The second-order valence-electron chi connectivity index (χ2n) is 5.08. The molecule has 3 rings (SSSR count). The van der Waals surface area contributed by atoms with E-state index in [1.165, 1.54) is 0 Å². The first-order valence-electron chi connectivity index (χ1n) is 7.34. The Labute approximate surface area is 128 Å². The Morgan fingerprint density at radius 2 is 1.91 bits per heavy atom. The van der Waals surface area contributed by atoms with Gasteiger partial charge in [0.15, 0.2) is 5.69 Å². The van der Waals surface area contributed by atoms with E-state index < -0.39 is 0 Å². The number of hydrogen-bond acceptors (Lipinski definition) is 4. The van der Waals surface area contributed by atoms with Gasteiger partial charge in [0, 0.05) is 32.4 Å². The van der Waals surface area contributed by atoms with Crippen molar-refractivity contribution in [3.8, 4) is 0 Å². The number of carbonyl (C=O) groups excluding carboxylic acids is 2. The van der Waals surface area contributed by atoms with Crippen molar-refractivity contribution >= 4 is 17.5 Å². The maximum atomic E-state index is 12.5. The number of rotatable bonds is 2. The van der Waals surface area contributed by atoms with Gasteiger partial charge in [0.25, 0.3) is 5.91 Å². The summed E-state index contributed by atoms with van der Waals surface area (Å²) in [6.07, 6.45) is 1.49. The van der Waals surface area contributed by atoms with Crippen molar-refractivity contribution in [1.82, 2.24) is 19.4 Å². The lowest BCUT2D eigenvalue weighted by Gasteiger charge is -2.33. The summed E-state index contributed by atoms with van der Waals surface area (Å²) in [4.78, 5) is 27.5. The van der Waals surface area contributed by atoms with Crippen LogP contribution in [0.2, 0.25) is 0 Å². The summed E-state index contributed by atoms with van der Waals surface area (Å²) < 4.78 is 6.65. The van der Waals surface area contributed by atoms with Gasteiger partial charge in [-0.3, -0.25) is 4.79 Å². The summed E-state index contributed by atoms with van der Waals surface area (Å²) >= 11 is 0. The Balaban J connectivity index is 1.65. The first-order valence-corrected chi connectivity index (χ1v) is 7.34. The maximum Gasteiger partial charge on any atom is 0.409 e. The highest BCUT2D eigenvalue weighted by molar-refractivity contribution is 5.93. The fraction of sp³-hybridized carbons (Fsp3) is 0.400. The molecule has 1 aliphatic rings. The lowest BCUT2D eigenvalue weighted by Crippen LogP contribution is -2.50. The second kappa shape index (κ2) is 6.05. The Morgan fingerprint density at radius 1 is 1.18 bits per heavy atom.